The number of hydrogen-bond donors (Lipinski definition) is 1. The van der Waals surface area contributed by atoms with Crippen molar-refractivity contribution in [2.75, 3.05) is 7.05 Å². The molecule has 19 heavy (non-hydrogen) atoms. The molecule has 0 spiro atoms. The molecule has 0 aromatic heterocycles. The molecule has 2 rings (SSSR count). The van der Waals surface area contributed by atoms with E-state index < -0.39 is 0 Å². The molecule has 2 heteroatoms. The average molecular weight is 257 g/mol. The van der Waals surface area contributed by atoms with Gasteiger partial charge in [0.15, 0.2) is 0 Å². The maximum absolute atomic E-state index is 6.11. The molecule has 2 aromatic carbocycles. The molecule has 102 valence electrons. The molecule has 1 N–H and O–H groups in total. The number of fused-ring (bicyclic) bond motifs is 1. The van der Waals surface area contributed by atoms with Crippen molar-refractivity contribution in [2.45, 2.75) is 39.3 Å². The highest BCUT2D eigenvalue weighted by atomic mass is 16.5. The maximum atomic E-state index is 6.11. The molecule has 2 nitrogen and oxygen atoms in total. The highest BCUT2D eigenvalue weighted by Crippen LogP contribution is 2.29. The van der Waals surface area contributed by atoms with Gasteiger partial charge in [-0.15, -0.1) is 0 Å². The van der Waals surface area contributed by atoms with Crippen LogP contribution in [0, 0.1) is 0 Å². The summed E-state index contributed by atoms with van der Waals surface area (Å²) in [5.74, 6) is 1.01. The predicted molar refractivity (Wildman–Crippen MR) is 81.7 cm³/mol. The molecule has 0 aliphatic rings. The van der Waals surface area contributed by atoms with Gasteiger partial charge in [0.25, 0.3) is 0 Å². The number of hydrogen-bond acceptors (Lipinski definition) is 2. The summed E-state index contributed by atoms with van der Waals surface area (Å²) >= 11 is 0. The van der Waals surface area contributed by atoms with Crippen molar-refractivity contribution in [1.29, 1.82) is 0 Å². The Hall–Kier alpha value is -1.54. The standard InChI is InChI=1S/C17H23NO/c1-4-7-13(2)19-17-11-10-14-8-5-6-9-15(14)16(17)12-18-3/h5-6,8-11,13,18H,4,7,12H2,1-3H3. The van der Waals surface area contributed by atoms with Crippen LogP contribution in [0.15, 0.2) is 36.4 Å². The minimum Gasteiger partial charge on any atom is -0.490 e. The molecule has 2 aromatic rings. The van der Waals surface area contributed by atoms with Crippen LogP contribution in [0.5, 0.6) is 5.75 Å². The van der Waals surface area contributed by atoms with Crippen LogP contribution in [0.25, 0.3) is 10.8 Å². The molecule has 1 unspecified atom stereocenters. The Morgan fingerprint density at radius 1 is 1.16 bits per heavy atom. The van der Waals surface area contributed by atoms with E-state index in [0.29, 0.717) is 0 Å². The second kappa shape index (κ2) is 6.58. The van der Waals surface area contributed by atoms with Crippen LogP contribution in [0.3, 0.4) is 0 Å². The van der Waals surface area contributed by atoms with Crippen molar-refractivity contribution in [2.24, 2.45) is 0 Å². The van der Waals surface area contributed by atoms with Gasteiger partial charge >= 0.3 is 0 Å². The molecule has 0 saturated heterocycles. The maximum Gasteiger partial charge on any atom is 0.124 e. The summed E-state index contributed by atoms with van der Waals surface area (Å²) in [5.41, 5.74) is 1.25. The first-order chi connectivity index (χ1) is 9.26. The van der Waals surface area contributed by atoms with Crippen LogP contribution in [-0.2, 0) is 6.54 Å². The molecule has 0 saturated carbocycles. The highest BCUT2D eigenvalue weighted by Gasteiger charge is 2.10. The predicted octanol–water partition coefficient (Wildman–Crippen LogP) is 4.13. The topological polar surface area (TPSA) is 21.3 Å². The normalized spacial score (nSPS) is 12.6. The second-order valence-electron chi connectivity index (χ2n) is 5.01. The molecular formula is C17H23NO. The third-order valence-corrected chi connectivity index (χ3v) is 3.37. The van der Waals surface area contributed by atoms with Crippen LogP contribution in [0.2, 0.25) is 0 Å². The van der Waals surface area contributed by atoms with Gasteiger partial charge in [-0.05, 0) is 37.2 Å². The molecule has 0 heterocycles. The molecule has 0 bridgehead atoms. The molecule has 0 amide bonds. The minimum atomic E-state index is 0.266. The van der Waals surface area contributed by atoms with E-state index in [2.05, 4.69) is 55.6 Å². The lowest BCUT2D eigenvalue weighted by molar-refractivity contribution is 0.208. The first-order valence-corrected chi connectivity index (χ1v) is 7.08. The molecule has 1 atom stereocenters. The summed E-state index contributed by atoms with van der Waals surface area (Å²) < 4.78 is 6.11. The van der Waals surface area contributed by atoms with Crippen LogP contribution in [0.4, 0.5) is 0 Å². The molecule has 0 aliphatic carbocycles. The summed E-state index contributed by atoms with van der Waals surface area (Å²) in [6.45, 7) is 5.16. The SMILES string of the molecule is CCCC(C)Oc1ccc2ccccc2c1CNC. The van der Waals surface area contributed by atoms with E-state index in [1.807, 2.05) is 7.05 Å². The number of nitrogens with one attached hydrogen (secondary N) is 1. The van der Waals surface area contributed by atoms with Crippen molar-refractivity contribution in [3.63, 3.8) is 0 Å². The van der Waals surface area contributed by atoms with E-state index >= 15 is 0 Å². The van der Waals surface area contributed by atoms with Crippen molar-refractivity contribution in [3.05, 3.63) is 42.0 Å². The second-order valence-corrected chi connectivity index (χ2v) is 5.01. The molecule has 0 aliphatic heterocycles. The lowest BCUT2D eigenvalue weighted by Crippen LogP contribution is -2.14. The average Bonchev–Trinajstić information content (AvgIpc) is 2.42. The van der Waals surface area contributed by atoms with Gasteiger partial charge in [0.05, 0.1) is 6.10 Å². The van der Waals surface area contributed by atoms with E-state index in [1.54, 1.807) is 0 Å². The number of ether oxygens (including phenoxy) is 1. The third-order valence-electron chi connectivity index (χ3n) is 3.37. The Bertz CT molecular complexity index is 536. The fourth-order valence-corrected chi connectivity index (χ4v) is 2.47. The summed E-state index contributed by atoms with van der Waals surface area (Å²) in [5, 5.41) is 5.78. The van der Waals surface area contributed by atoms with Gasteiger partial charge < -0.3 is 10.1 Å². The van der Waals surface area contributed by atoms with E-state index in [4.69, 9.17) is 4.74 Å². The zero-order valence-corrected chi connectivity index (χ0v) is 12.1. The minimum absolute atomic E-state index is 0.266. The Labute approximate surface area is 115 Å². The summed E-state index contributed by atoms with van der Waals surface area (Å²) in [7, 11) is 1.97. The Balaban J connectivity index is 2.39. The lowest BCUT2D eigenvalue weighted by atomic mass is 10.0. The Kier molecular flexibility index (Phi) is 4.80. The van der Waals surface area contributed by atoms with E-state index in [-0.39, 0.29) is 6.10 Å². The van der Waals surface area contributed by atoms with Gasteiger partial charge in [0, 0.05) is 12.1 Å². The monoisotopic (exact) mass is 257 g/mol. The van der Waals surface area contributed by atoms with Gasteiger partial charge in [0.1, 0.15) is 5.75 Å². The first-order valence-electron chi connectivity index (χ1n) is 7.08. The zero-order chi connectivity index (χ0) is 13.7. The summed E-state index contributed by atoms with van der Waals surface area (Å²) in [6, 6.07) is 12.7. The Morgan fingerprint density at radius 2 is 1.95 bits per heavy atom. The lowest BCUT2D eigenvalue weighted by Gasteiger charge is -2.18. The first kappa shape index (κ1) is 13.9. The van der Waals surface area contributed by atoms with E-state index in [9.17, 15) is 0 Å². The third kappa shape index (κ3) is 3.27. The molecule has 0 radical (unpaired) electrons. The molecule has 0 fully saturated rings. The van der Waals surface area contributed by atoms with Gasteiger partial charge in [0.2, 0.25) is 0 Å². The van der Waals surface area contributed by atoms with Crippen LogP contribution in [0.1, 0.15) is 32.3 Å². The highest BCUT2D eigenvalue weighted by molar-refractivity contribution is 5.87. The largest absolute Gasteiger partial charge is 0.490 e. The fourth-order valence-electron chi connectivity index (χ4n) is 2.47. The zero-order valence-electron chi connectivity index (χ0n) is 12.1. The van der Waals surface area contributed by atoms with Gasteiger partial charge in [-0.25, -0.2) is 0 Å². The van der Waals surface area contributed by atoms with E-state index in [0.717, 1.165) is 25.1 Å². The van der Waals surface area contributed by atoms with Crippen LogP contribution in [-0.4, -0.2) is 13.2 Å². The van der Waals surface area contributed by atoms with Crippen molar-refractivity contribution in [3.8, 4) is 5.75 Å². The summed E-state index contributed by atoms with van der Waals surface area (Å²) in [4.78, 5) is 0. The quantitative estimate of drug-likeness (QED) is 0.840. The van der Waals surface area contributed by atoms with Crippen molar-refractivity contribution in [1.82, 2.24) is 5.32 Å². The van der Waals surface area contributed by atoms with Crippen molar-refractivity contribution < 1.29 is 4.74 Å². The van der Waals surface area contributed by atoms with Gasteiger partial charge in [-0.2, -0.15) is 0 Å². The van der Waals surface area contributed by atoms with Gasteiger partial charge in [-0.3, -0.25) is 0 Å². The van der Waals surface area contributed by atoms with Gasteiger partial charge in [-0.1, -0.05) is 43.7 Å². The smallest absolute Gasteiger partial charge is 0.124 e. The Morgan fingerprint density at radius 3 is 2.68 bits per heavy atom. The number of benzene rings is 2. The number of rotatable bonds is 6. The van der Waals surface area contributed by atoms with Crippen LogP contribution < -0.4 is 10.1 Å². The van der Waals surface area contributed by atoms with Crippen molar-refractivity contribution >= 4 is 10.8 Å². The van der Waals surface area contributed by atoms with E-state index in [1.165, 1.54) is 16.3 Å². The fraction of sp³-hybridized carbons (Fsp3) is 0.412. The molecular weight excluding hydrogens is 234 g/mol. The summed E-state index contributed by atoms with van der Waals surface area (Å²) in [6.07, 6.45) is 2.50. The van der Waals surface area contributed by atoms with Crippen LogP contribution >= 0.6 is 0 Å².